The number of nitrogens with zero attached hydrogens (tertiary/aromatic N) is 4. The van der Waals surface area contributed by atoms with Gasteiger partial charge in [-0.3, -0.25) is 0 Å². The van der Waals surface area contributed by atoms with Crippen LogP contribution in [0.3, 0.4) is 0 Å². The molecule has 0 N–H and O–H groups in total. The van der Waals surface area contributed by atoms with Crippen LogP contribution in [0.2, 0.25) is 0 Å². The normalized spacial score (nSPS) is 11.6. The highest BCUT2D eigenvalue weighted by molar-refractivity contribution is 7.26. The molecule has 11 aromatic rings. The van der Waals surface area contributed by atoms with Crippen LogP contribution in [-0.2, 0) is 0 Å². The van der Waals surface area contributed by atoms with E-state index in [1.165, 1.54) is 15.8 Å². The summed E-state index contributed by atoms with van der Waals surface area (Å²) in [6, 6.07) is 62.9. The summed E-state index contributed by atoms with van der Waals surface area (Å²) in [7, 11) is 0. The number of fused-ring (bicyclic) bond motifs is 7. The average Bonchev–Trinajstić information content (AvgIpc) is 3.90. The summed E-state index contributed by atoms with van der Waals surface area (Å²) in [5, 5.41) is 4.47. The van der Waals surface area contributed by atoms with E-state index in [4.69, 9.17) is 24.4 Å². The smallest absolute Gasteiger partial charge is 0.227 e. The van der Waals surface area contributed by atoms with Crippen LogP contribution in [0.15, 0.2) is 186 Å². The number of aromatic nitrogens is 4. The van der Waals surface area contributed by atoms with Crippen molar-refractivity contribution >= 4 is 53.4 Å². The first-order valence-corrected chi connectivity index (χ1v) is 19.4. The lowest BCUT2D eigenvalue weighted by molar-refractivity contribution is 0.623. The largest absolute Gasteiger partial charge is 0.435 e. The van der Waals surface area contributed by atoms with Crippen LogP contribution in [0, 0.1) is 0 Å². The summed E-state index contributed by atoms with van der Waals surface area (Å²) in [4.78, 5) is 20.1. The van der Waals surface area contributed by atoms with E-state index < -0.39 is 0 Å². The highest BCUT2D eigenvalue weighted by Gasteiger charge is 2.19. The van der Waals surface area contributed by atoms with Gasteiger partial charge in [0.1, 0.15) is 5.52 Å². The average molecular weight is 735 g/mol. The van der Waals surface area contributed by atoms with Gasteiger partial charge in [-0.1, -0.05) is 146 Å². The first kappa shape index (κ1) is 32.2. The summed E-state index contributed by atoms with van der Waals surface area (Å²) in [5.74, 6) is 2.48. The molecule has 0 fully saturated rings. The van der Waals surface area contributed by atoms with E-state index in [0.717, 1.165) is 70.7 Å². The molecular formula is C50H30N4OS. The summed E-state index contributed by atoms with van der Waals surface area (Å²) < 4.78 is 8.89. The first-order chi connectivity index (χ1) is 27.7. The molecule has 0 aliphatic heterocycles. The minimum atomic E-state index is 0.615. The molecule has 0 saturated carbocycles. The van der Waals surface area contributed by atoms with Crippen molar-refractivity contribution in [2.45, 2.75) is 0 Å². The molecule has 0 atom stereocenters. The predicted octanol–water partition coefficient (Wildman–Crippen LogP) is 13.5. The van der Waals surface area contributed by atoms with Gasteiger partial charge in [-0.25, -0.2) is 19.9 Å². The molecule has 0 saturated heterocycles. The summed E-state index contributed by atoms with van der Waals surface area (Å²) in [6.45, 7) is 0. The third kappa shape index (κ3) is 5.63. The second-order valence-corrected chi connectivity index (χ2v) is 14.9. The Kier molecular flexibility index (Phi) is 7.60. The second kappa shape index (κ2) is 13.2. The minimum absolute atomic E-state index is 0.615. The van der Waals surface area contributed by atoms with Crippen molar-refractivity contribution in [1.82, 2.24) is 19.9 Å². The summed E-state index contributed by atoms with van der Waals surface area (Å²) >= 11 is 1.77. The molecule has 0 bridgehead atoms. The molecule has 3 heterocycles. The molecule has 0 radical (unpaired) electrons. The molecule has 0 spiro atoms. The SMILES string of the molecule is c1ccc(-c2ccc(-c3ccc(-c4nc(-c5ccccc5)nc(-c5ccc6ccc7sc8ccc9nc(-c%10ccccc%10)oc9c8c7c6c5)n4)cc3)cc2)cc1. The number of hydrogen-bond donors (Lipinski definition) is 0. The Labute approximate surface area is 326 Å². The van der Waals surface area contributed by atoms with Gasteiger partial charge in [0.05, 0.1) is 0 Å². The second-order valence-electron chi connectivity index (χ2n) is 13.8. The topological polar surface area (TPSA) is 64.7 Å². The van der Waals surface area contributed by atoms with Gasteiger partial charge in [-0.2, -0.15) is 0 Å². The van der Waals surface area contributed by atoms with Gasteiger partial charge >= 0.3 is 0 Å². The van der Waals surface area contributed by atoms with Crippen LogP contribution in [0.4, 0.5) is 0 Å². The van der Waals surface area contributed by atoms with E-state index in [2.05, 4.69) is 115 Å². The number of hydrogen-bond acceptors (Lipinski definition) is 6. The maximum atomic E-state index is 6.55. The quantitative estimate of drug-likeness (QED) is 0.170. The van der Waals surface area contributed by atoms with E-state index in [9.17, 15) is 0 Å². The van der Waals surface area contributed by atoms with E-state index in [0.29, 0.717) is 23.4 Å². The Bertz CT molecular complexity index is 3210. The van der Waals surface area contributed by atoms with E-state index in [-0.39, 0.29) is 0 Å². The summed E-state index contributed by atoms with van der Waals surface area (Å²) in [5.41, 5.74) is 10.0. The van der Waals surface area contributed by atoms with Crippen LogP contribution in [0.1, 0.15) is 0 Å². The molecule has 0 aliphatic rings. The molecule has 6 heteroatoms. The van der Waals surface area contributed by atoms with E-state index >= 15 is 0 Å². The molecule has 8 aromatic carbocycles. The fraction of sp³-hybridized carbons (Fsp3) is 0. The molecule has 0 amide bonds. The van der Waals surface area contributed by atoms with Gasteiger partial charge in [-0.05, 0) is 69.4 Å². The first-order valence-electron chi connectivity index (χ1n) is 18.5. The van der Waals surface area contributed by atoms with Crippen molar-refractivity contribution in [3.63, 3.8) is 0 Å². The van der Waals surface area contributed by atoms with Crippen molar-refractivity contribution in [2.75, 3.05) is 0 Å². The minimum Gasteiger partial charge on any atom is -0.435 e. The number of rotatable bonds is 6. The van der Waals surface area contributed by atoms with Crippen molar-refractivity contribution in [3.05, 3.63) is 182 Å². The van der Waals surface area contributed by atoms with Gasteiger partial charge < -0.3 is 4.42 Å². The maximum Gasteiger partial charge on any atom is 0.227 e. The monoisotopic (exact) mass is 734 g/mol. The molecular weight excluding hydrogens is 705 g/mol. The fourth-order valence-corrected chi connectivity index (χ4v) is 8.67. The molecule has 0 aliphatic carbocycles. The van der Waals surface area contributed by atoms with Gasteiger partial charge in [0.25, 0.3) is 0 Å². The Morgan fingerprint density at radius 1 is 0.357 bits per heavy atom. The van der Waals surface area contributed by atoms with Crippen molar-refractivity contribution in [3.8, 4) is 67.9 Å². The Morgan fingerprint density at radius 3 is 1.43 bits per heavy atom. The van der Waals surface area contributed by atoms with E-state index in [1.807, 2.05) is 66.7 Å². The number of benzene rings is 8. The molecule has 3 aromatic heterocycles. The molecule has 11 rings (SSSR count). The Balaban J connectivity index is 1.03. The van der Waals surface area contributed by atoms with Gasteiger partial charge in [0.15, 0.2) is 23.1 Å². The Hall–Kier alpha value is -7.28. The van der Waals surface area contributed by atoms with Gasteiger partial charge in [-0.15, -0.1) is 11.3 Å². The lowest BCUT2D eigenvalue weighted by Crippen LogP contribution is -2.00. The zero-order valence-corrected chi connectivity index (χ0v) is 30.7. The standard InChI is InChI=1S/C50H30N4OS/c1-4-10-31(11-5-1)32-16-18-33(19-17-32)34-20-23-37(24-21-34)48-52-47(36-12-6-2-7-13-36)53-49(54-48)39-25-22-35-26-28-42-44(40(35)30-39)45-43(56-42)29-27-41-46(45)55-50(51-41)38-14-8-3-9-15-38/h1-30H. The van der Waals surface area contributed by atoms with Crippen LogP contribution < -0.4 is 0 Å². The predicted molar refractivity (Wildman–Crippen MR) is 230 cm³/mol. The third-order valence-electron chi connectivity index (χ3n) is 10.4. The van der Waals surface area contributed by atoms with Gasteiger partial charge in [0.2, 0.25) is 5.89 Å². The number of thiophene rings is 1. The summed E-state index contributed by atoms with van der Waals surface area (Å²) in [6.07, 6.45) is 0. The molecule has 5 nitrogen and oxygen atoms in total. The van der Waals surface area contributed by atoms with E-state index in [1.54, 1.807) is 11.3 Å². The van der Waals surface area contributed by atoms with Gasteiger partial charge in [0, 0.05) is 42.4 Å². The van der Waals surface area contributed by atoms with Crippen LogP contribution in [0.25, 0.3) is 110 Å². The maximum absolute atomic E-state index is 6.55. The van der Waals surface area contributed by atoms with Crippen LogP contribution in [0.5, 0.6) is 0 Å². The zero-order valence-electron chi connectivity index (χ0n) is 29.9. The van der Waals surface area contributed by atoms with Crippen LogP contribution >= 0.6 is 11.3 Å². The molecule has 56 heavy (non-hydrogen) atoms. The lowest BCUT2D eigenvalue weighted by Gasteiger charge is -2.10. The lowest BCUT2D eigenvalue weighted by atomic mass is 9.99. The van der Waals surface area contributed by atoms with Crippen LogP contribution in [-0.4, -0.2) is 19.9 Å². The zero-order chi connectivity index (χ0) is 37.0. The Morgan fingerprint density at radius 2 is 0.804 bits per heavy atom. The third-order valence-corrected chi connectivity index (χ3v) is 11.5. The van der Waals surface area contributed by atoms with Crippen molar-refractivity contribution in [2.24, 2.45) is 0 Å². The highest BCUT2D eigenvalue weighted by Crippen LogP contribution is 2.43. The van der Waals surface area contributed by atoms with Crippen molar-refractivity contribution in [1.29, 1.82) is 0 Å². The molecule has 0 unspecified atom stereocenters. The highest BCUT2D eigenvalue weighted by atomic mass is 32.1. The molecule has 262 valence electrons. The van der Waals surface area contributed by atoms with Crippen molar-refractivity contribution < 1.29 is 4.42 Å². The fourth-order valence-electron chi connectivity index (χ4n) is 7.55. The number of oxazole rings is 1.